The lowest BCUT2D eigenvalue weighted by atomic mass is 10.1. The fraction of sp³-hybridized carbons (Fsp3) is 0. The highest BCUT2D eigenvalue weighted by Crippen LogP contribution is 2.36. The molecule has 0 saturated carbocycles. The summed E-state index contributed by atoms with van der Waals surface area (Å²) in [4.78, 5) is 4.02. The predicted molar refractivity (Wildman–Crippen MR) is 106 cm³/mol. The van der Waals surface area contributed by atoms with Crippen LogP contribution in [0.1, 0.15) is 0 Å². The van der Waals surface area contributed by atoms with Gasteiger partial charge in [0.15, 0.2) is 0 Å². The molecule has 0 fully saturated rings. The van der Waals surface area contributed by atoms with Crippen molar-refractivity contribution in [3.63, 3.8) is 0 Å². The second-order valence-corrected chi connectivity index (χ2v) is 6.60. The Bertz CT molecular complexity index is 1260. The van der Waals surface area contributed by atoms with E-state index in [1.165, 1.54) is 0 Å². The van der Waals surface area contributed by atoms with Crippen molar-refractivity contribution in [2.75, 3.05) is 0 Å². The van der Waals surface area contributed by atoms with E-state index in [9.17, 15) is 0 Å². The van der Waals surface area contributed by atoms with E-state index >= 15 is 0 Å². The van der Waals surface area contributed by atoms with Crippen molar-refractivity contribution >= 4 is 45.0 Å². The van der Waals surface area contributed by atoms with Gasteiger partial charge < -0.3 is 4.57 Å². The van der Waals surface area contributed by atoms with E-state index in [-0.39, 0.29) is 10.6 Å². The number of aromatic nitrogens is 4. The Hall–Kier alpha value is -2.82. The van der Waals surface area contributed by atoms with Gasteiger partial charge in [-0.15, -0.1) is 5.10 Å². The number of hydrogen-bond acceptors (Lipinski definition) is 2. The maximum absolute atomic E-state index is 6.25. The van der Waals surface area contributed by atoms with E-state index in [2.05, 4.69) is 45.0 Å². The van der Waals surface area contributed by atoms with Crippen LogP contribution in [0.4, 0.5) is 0 Å². The molecule has 0 spiro atoms. The lowest BCUT2D eigenvalue weighted by Gasteiger charge is -2.08. The molecule has 0 amide bonds. The van der Waals surface area contributed by atoms with Gasteiger partial charge in [-0.25, -0.2) is 4.68 Å². The average molecular weight is 379 g/mol. The van der Waals surface area contributed by atoms with Crippen LogP contribution in [0.5, 0.6) is 0 Å². The van der Waals surface area contributed by atoms with Crippen molar-refractivity contribution in [1.29, 1.82) is 0 Å². The number of rotatable bonds is 2. The Morgan fingerprint density at radius 1 is 0.731 bits per heavy atom. The topological polar surface area (TPSA) is 35.6 Å². The first-order chi connectivity index (χ1) is 12.7. The van der Waals surface area contributed by atoms with Crippen molar-refractivity contribution in [2.45, 2.75) is 0 Å². The van der Waals surface area contributed by atoms with Crippen LogP contribution >= 0.6 is 23.2 Å². The molecule has 3 aromatic carbocycles. The molecule has 0 N–H and O–H groups in total. The Morgan fingerprint density at radius 2 is 1.46 bits per heavy atom. The smallest absolute Gasteiger partial charge is 0.244 e. The molecular formula is C20H12Cl2N4. The molecule has 0 aliphatic heterocycles. The quantitative estimate of drug-likeness (QED) is 0.396. The van der Waals surface area contributed by atoms with Gasteiger partial charge in [0.25, 0.3) is 0 Å². The van der Waals surface area contributed by atoms with Gasteiger partial charge in [0.2, 0.25) is 10.6 Å². The van der Waals surface area contributed by atoms with Gasteiger partial charge in [-0.3, -0.25) is 0 Å². The second-order valence-electron chi connectivity index (χ2n) is 5.92. The molecule has 26 heavy (non-hydrogen) atoms. The van der Waals surface area contributed by atoms with E-state index in [1.54, 1.807) is 4.68 Å². The van der Waals surface area contributed by atoms with Crippen molar-refractivity contribution in [3.05, 3.63) is 83.4 Å². The number of benzene rings is 3. The molecule has 4 nitrogen and oxygen atoms in total. The minimum atomic E-state index is 0.124. The zero-order valence-corrected chi connectivity index (χ0v) is 15.0. The third-order valence-electron chi connectivity index (χ3n) is 4.46. The fourth-order valence-corrected chi connectivity index (χ4v) is 3.86. The van der Waals surface area contributed by atoms with Crippen LogP contribution in [0.3, 0.4) is 0 Å². The maximum Gasteiger partial charge on any atom is 0.244 e. The molecule has 0 aliphatic rings. The third kappa shape index (κ3) is 2.23. The van der Waals surface area contributed by atoms with Crippen molar-refractivity contribution in [2.24, 2.45) is 0 Å². The number of halogens is 2. The first-order valence-electron chi connectivity index (χ1n) is 8.10. The van der Waals surface area contributed by atoms with E-state index < -0.39 is 0 Å². The lowest BCUT2D eigenvalue weighted by Crippen LogP contribution is -1.98. The second kappa shape index (κ2) is 5.87. The SMILES string of the molecule is Clc1nc(Cl)n(-c2cccc3c2c2ccccc2n3-c2ccccc2)n1. The van der Waals surface area contributed by atoms with E-state index in [0.717, 1.165) is 33.2 Å². The van der Waals surface area contributed by atoms with Crippen molar-refractivity contribution in [1.82, 2.24) is 19.3 Å². The summed E-state index contributed by atoms with van der Waals surface area (Å²) in [5.41, 5.74) is 4.12. The molecule has 0 bridgehead atoms. The van der Waals surface area contributed by atoms with Gasteiger partial charge in [-0.05, 0) is 53.5 Å². The molecule has 0 saturated heterocycles. The van der Waals surface area contributed by atoms with Crippen LogP contribution in [0.2, 0.25) is 10.6 Å². The summed E-state index contributed by atoms with van der Waals surface area (Å²) in [5, 5.41) is 6.78. The first kappa shape index (κ1) is 15.4. The van der Waals surface area contributed by atoms with E-state index in [1.807, 2.05) is 42.5 Å². The Morgan fingerprint density at radius 3 is 2.23 bits per heavy atom. The van der Waals surface area contributed by atoms with Gasteiger partial charge in [-0.1, -0.05) is 42.5 Å². The van der Waals surface area contributed by atoms with Gasteiger partial charge in [0, 0.05) is 16.5 Å². The minimum Gasteiger partial charge on any atom is -0.309 e. The zero-order chi connectivity index (χ0) is 17.7. The van der Waals surface area contributed by atoms with Crippen LogP contribution < -0.4 is 0 Å². The summed E-state index contributed by atoms with van der Waals surface area (Å²) in [7, 11) is 0. The normalized spacial score (nSPS) is 11.5. The number of nitrogens with zero attached hydrogens (tertiary/aromatic N) is 4. The van der Waals surface area contributed by atoms with Gasteiger partial charge in [0.1, 0.15) is 0 Å². The number of hydrogen-bond donors (Lipinski definition) is 0. The van der Waals surface area contributed by atoms with Crippen LogP contribution in [0, 0.1) is 0 Å². The summed E-state index contributed by atoms with van der Waals surface area (Å²) in [5.74, 6) is 0. The molecule has 126 valence electrons. The van der Waals surface area contributed by atoms with Gasteiger partial charge in [0.05, 0.1) is 16.7 Å². The third-order valence-corrected chi connectivity index (χ3v) is 4.86. The summed E-state index contributed by atoms with van der Waals surface area (Å²) in [6.45, 7) is 0. The highest BCUT2D eigenvalue weighted by molar-refractivity contribution is 6.31. The van der Waals surface area contributed by atoms with Crippen LogP contribution in [-0.4, -0.2) is 19.3 Å². The van der Waals surface area contributed by atoms with E-state index in [0.29, 0.717) is 0 Å². The highest BCUT2D eigenvalue weighted by Gasteiger charge is 2.18. The van der Waals surface area contributed by atoms with Crippen LogP contribution in [-0.2, 0) is 0 Å². The molecule has 2 heterocycles. The monoisotopic (exact) mass is 378 g/mol. The summed E-state index contributed by atoms with van der Waals surface area (Å²) in [6, 6.07) is 24.6. The summed E-state index contributed by atoms with van der Waals surface area (Å²) < 4.78 is 3.81. The number of para-hydroxylation sites is 2. The number of fused-ring (bicyclic) bond motifs is 3. The Kier molecular flexibility index (Phi) is 3.48. The average Bonchev–Trinajstić information content (AvgIpc) is 3.19. The predicted octanol–water partition coefficient (Wildman–Crippen LogP) is 5.67. The minimum absolute atomic E-state index is 0.124. The van der Waals surface area contributed by atoms with Gasteiger partial charge >= 0.3 is 0 Å². The van der Waals surface area contributed by atoms with Crippen molar-refractivity contribution < 1.29 is 0 Å². The summed E-state index contributed by atoms with van der Waals surface area (Å²) >= 11 is 12.2. The lowest BCUT2D eigenvalue weighted by molar-refractivity contribution is 0.888. The molecule has 0 aliphatic carbocycles. The molecule has 5 rings (SSSR count). The Balaban J connectivity index is 1.96. The zero-order valence-electron chi connectivity index (χ0n) is 13.5. The molecule has 0 unspecified atom stereocenters. The molecule has 2 aromatic heterocycles. The Labute approximate surface area is 159 Å². The molecular weight excluding hydrogens is 367 g/mol. The molecule has 6 heteroatoms. The maximum atomic E-state index is 6.25. The fourth-order valence-electron chi connectivity index (χ4n) is 3.46. The van der Waals surface area contributed by atoms with Crippen molar-refractivity contribution in [3.8, 4) is 11.4 Å². The van der Waals surface area contributed by atoms with Gasteiger partial charge in [-0.2, -0.15) is 4.98 Å². The molecule has 5 aromatic rings. The van der Waals surface area contributed by atoms with Crippen LogP contribution in [0.15, 0.2) is 72.8 Å². The van der Waals surface area contributed by atoms with Crippen LogP contribution in [0.25, 0.3) is 33.2 Å². The first-order valence-corrected chi connectivity index (χ1v) is 8.85. The molecule has 0 atom stereocenters. The molecule has 0 radical (unpaired) electrons. The largest absolute Gasteiger partial charge is 0.309 e. The summed E-state index contributed by atoms with van der Waals surface area (Å²) in [6.07, 6.45) is 0. The standard InChI is InChI=1S/C20H12Cl2N4/c21-19-23-20(22)26(24-19)17-12-6-11-16-18(17)14-9-4-5-10-15(14)25(16)13-7-2-1-3-8-13/h1-12H. The van der Waals surface area contributed by atoms with E-state index in [4.69, 9.17) is 23.2 Å². The highest BCUT2D eigenvalue weighted by atomic mass is 35.5.